The van der Waals surface area contributed by atoms with Crippen molar-refractivity contribution in [1.82, 2.24) is 4.98 Å². The third-order valence-corrected chi connectivity index (χ3v) is 8.57. The number of nitrogens with one attached hydrogen (secondary N) is 1. The molecule has 0 bridgehead atoms. The van der Waals surface area contributed by atoms with E-state index >= 15 is 0 Å². The fraction of sp³-hybridized carbons (Fsp3) is 0.174. The van der Waals surface area contributed by atoms with Crippen LogP contribution in [0.5, 0.6) is 0 Å². The number of aromatic amines is 1. The lowest BCUT2D eigenvalue weighted by Gasteiger charge is -2.42. The minimum Gasteiger partial charge on any atom is -0.497 e. The highest BCUT2D eigenvalue weighted by atomic mass is 32.2. The molecule has 0 saturated carbocycles. The molecule has 164 valence electrons. The number of carbonyl (C=O) groups excluding carboxylic acids is 1. The Kier molecular flexibility index (Phi) is 5.01. The maximum absolute atomic E-state index is 14.0. The lowest BCUT2D eigenvalue weighted by Crippen LogP contribution is -2.58. The number of aromatic nitrogens is 1. The molecule has 3 aromatic rings. The number of para-hydroxylation sites is 1. The van der Waals surface area contributed by atoms with Crippen LogP contribution in [0.2, 0.25) is 0 Å². The average molecular weight is 452 g/mol. The molecular weight excluding hydrogens is 432 g/mol. The Morgan fingerprint density at radius 1 is 1.09 bits per heavy atom. The van der Waals surface area contributed by atoms with Gasteiger partial charge in [0.25, 0.3) is 5.70 Å². The third-order valence-electron chi connectivity index (χ3n) is 6.16. The highest BCUT2D eigenvalue weighted by Crippen LogP contribution is 2.52. The van der Waals surface area contributed by atoms with Crippen molar-refractivity contribution >= 4 is 27.0 Å². The molecule has 0 fully saturated rings. The summed E-state index contributed by atoms with van der Waals surface area (Å²) in [6.07, 6.45) is 4.13. The van der Waals surface area contributed by atoms with Gasteiger partial charge in [-0.15, -0.1) is 0 Å². The second-order valence-electron chi connectivity index (χ2n) is 7.64. The van der Waals surface area contributed by atoms with Crippen molar-refractivity contribution in [3.63, 3.8) is 0 Å². The van der Waals surface area contributed by atoms with E-state index in [1.165, 1.54) is 50.6 Å². The van der Waals surface area contributed by atoms with E-state index in [-0.39, 0.29) is 16.9 Å². The molecule has 2 unspecified atom stereocenters. The van der Waals surface area contributed by atoms with Gasteiger partial charge < -0.3 is 14.5 Å². The number of allylic oxidation sites excluding steroid dienone is 2. The summed E-state index contributed by atoms with van der Waals surface area (Å²) < 4.78 is 30.9. The molecule has 2 atom stereocenters. The molecule has 2 aromatic carbocycles. The largest absolute Gasteiger partial charge is 0.497 e. The van der Waals surface area contributed by atoms with E-state index < -0.39 is 30.6 Å². The van der Waals surface area contributed by atoms with E-state index in [1.807, 2.05) is 0 Å². The molecule has 32 heavy (non-hydrogen) atoms. The Bertz CT molecular complexity index is 1390. The number of hydrogen-bond acceptors (Lipinski definition) is 6. The normalized spacial score (nSPS) is 23.3. The monoisotopic (exact) mass is 452 g/mol. The highest BCUT2D eigenvalue weighted by Gasteiger charge is 2.66. The SMILES string of the molecule is COC1=CC(C=O)(S(=O)(=O)c2ccccc2)C(C)(c2c[nH]c3ccccc23)C([N+](=O)[O-])=C1. The van der Waals surface area contributed by atoms with Gasteiger partial charge >= 0.3 is 0 Å². The lowest BCUT2D eigenvalue weighted by atomic mass is 9.66. The molecule has 1 N–H and O–H groups in total. The van der Waals surface area contributed by atoms with Gasteiger partial charge in [-0.05, 0) is 36.8 Å². The van der Waals surface area contributed by atoms with E-state index in [9.17, 15) is 23.3 Å². The molecule has 0 saturated heterocycles. The number of nitro groups is 1. The van der Waals surface area contributed by atoms with Gasteiger partial charge in [-0.2, -0.15) is 0 Å². The maximum Gasteiger partial charge on any atom is 0.262 e. The van der Waals surface area contributed by atoms with Crippen LogP contribution in [0.25, 0.3) is 10.9 Å². The number of H-pyrrole nitrogens is 1. The van der Waals surface area contributed by atoms with Crippen molar-refractivity contribution in [2.24, 2.45) is 0 Å². The van der Waals surface area contributed by atoms with Gasteiger partial charge in [-0.3, -0.25) is 10.1 Å². The molecule has 0 amide bonds. The van der Waals surface area contributed by atoms with E-state index in [0.717, 1.165) is 6.08 Å². The van der Waals surface area contributed by atoms with Crippen LogP contribution in [0.4, 0.5) is 0 Å². The summed E-state index contributed by atoms with van der Waals surface area (Å²) in [5, 5.41) is 12.8. The Balaban J connectivity index is 2.17. The van der Waals surface area contributed by atoms with Crippen LogP contribution in [0, 0.1) is 10.1 Å². The van der Waals surface area contributed by atoms with Crippen molar-refractivity contribution in [3.05, 3.63) is 100 Å². The summed E-state index contributed by atoms with van der Waals surface area (Å²) >= 11 is 0. The van der Waals surface area contributed by atoms with Crippen LogP contribution in [-0.4, -0.2) is 36.5 Å². The first-order chi connectivity index (χ1) is 15.2. The topological polar surface area (TPSA) is 119 Å². The van der Waals surface area contributed by atoms with Gasteiger partial charge in [-0.25, -0.2) is 8.42 Å². The number of carbonyl (C=O) groups is 1. The Hall–Kier alpha value is -3.72. The van der Waals surface area contributed by atoms with Crippen molar-refractivity contribution in [2.75, 3.05) is 7.11 Å². The molecule has 1 aromatic heterocycles. The molecule has 0 radical (unpaired) electrons. The minimum absolute atomic E-state index is 0.0828. The summed E-state index contributed by atoms with van der Waals surface area (Å²) in [7, 11) is -3.21. The van der Waals surface area contributed by atoms with Crippen molar-refractivity contribution in [3.8, 4) is 0 Å². The first-order valence-corrected chi connectivity index (χ1v) is 11.2. The summed E-state index contributed by atoms with van der Waals surface area (Å²) in [6, 6.07) is 14.5. The Labute approximate surface area is 184 Å². The van der Waals surface area contributed by atoms with Crippen molar-refractivity contribution < 1.29 is 22.9 Å². The summed E-state index contributed by atoms with van der Waals surface area (Å²) in [4.78, 5) is 27.3. The number of nitrogens with zero attached hydrogens (tertiary/aromatic N) is 1. The molecule has 0 aliphatic heterocycles. The number of fused-ring (bicyclic) bond motifs is 1. The minimum atomic E-state index is -4.47. The zero-order valence-corrected chi connectivity index (χ0v) is 18.1. The molecule has 8 nitrogen and oxygen atoms in total. The van der Waals surface area contributed by atoms with Crippen LogP contribution in [0.15, 0.2) is 89.3 Å². The average Bonchev–Trinajstić information content (AvgIpc) is 3.24. The van der Waals surface area contributed by atoms with Gasteiger partial charge in [0.15, 0.2) is 14.6 Å². The maximum atomic E-state index is 14.0. The van der Waals surface area contributed by atoms with E-state index in [0.29, 0.717) is 16.5 Å². The fourth-order valence-corrected chi connectivity index (χ4v) is 6.47. The molecular formula is C23H20N2O6S. The van der Waals surface area contributed by atoms with E-state index in [2.05, 4.69) is 4.98 Å². The van der Waals surface area contributed by atoms with Gasteiger partial charge in [0, 0.05) is 17.1 Å². The van der Waals surface area contributed by atoms with Crippen molar-refractivity contribution in [1.29, 1.82) is 0 Å². The zero-order valence-electron chi connectivity index (χ0n) is 17.3. The third kappa shape index (κ3) is 2.74. The van der Waals surface area contributed by atoms with Crippen LogP contribution < -0.4 is 0 Å². The Morgan fingerprint density at radius 3 is 2.38 bits per heavy atom. The number of ether oxygens (including phenoxy) is 1. The van der Waals surface area contributed by atoms with Crippen molar-refractivity contribution in [2.45, 2.75) is 22.0 Å². The number of rotatable bonds is 6. The number of sulfone groups is 1. The molecule has 4 rings (SSSR count). The summed E-state index contributed by atoms with van der Waals surface area (Å²) in [6.45, 7) is 1.41. The molecule has 0 spiro atoms. The fourth-order valence-electron chi connectivity index (χ4n) is 4.42. The van der Waals surface area contributed by atoms with Gasteiger partial charge in [0.2, 0.25) is 0 Å². The van der Waals surface area contributed by atoms with Gasteiger partial charge in [-0.1, -0.05) is 36.4 Å². The van der Waals surface area contributed by atoms with Gasteiger partial charge in [0.05, 0.1) is 23.0 Å². The zero-order chi connectivity index (χ0) is 23.1. The first kappa shape index (κ1) is 21.5. The predicted molar refractivity (Wildman–Crippen MR) is 118 cm³/mol. The Morgan fingerprint density at radius 2 is 1.75 bits per heavy atom. The smallest absolute Gasteiger partial charge is 0.262 e. The van der Waals surface area contributed by atoms with Crippen LogP contribution in [0.3, 0.4) is 0 Å². The number of benzene rings is 2. The molecule has 1 aliphatic rings. The quantitative estimate of drug-likeness (QED) is 0.347. The van der Waals surface area contributed by atoms with E-state index in [4.69, 9.17) is 4.74 Å². The summed E-state index contributed by atoms with van der Waals surface area (Å²) in [5.74, 6) is -0.0828. The van der Waals surface area contributed by atoms with Gasteiger partial charge in [0.1, 0.15) is 17.5 Å². The highest BCUT2D eigenvalue weighted by molar-refractivity contribution is 7.93. The number of methoxy groups -OCH3 is 1. The standard InChI is InChI=1S/C23H20N2O6S/c1-22(19-14-24-20-11-7-6-10-18(19)20)21(25(27)28)12-16(31-2)13-23(22,15-26)32(29,30)17-8-4-3-5-9-17/h3-15,24H,1-2H3. The predicted octanol–water partition coefficient (Wildman–Crippen LogP) is 3.54. The second kappa shape index (κ2) is 7.45. The molecule has 9 heteroatoms. The lowest BCUT2D eigenvalue weighted by molar-refractivity contribution is -0.436. The van der Waals surface area contributed by atoms with Crippen LogP contribution in [0.1, 0.15) is 12.5 Å². The molecule has 1 heterocycles. The van der Waals surface area contributed by atoms with Crippen LogP contribution >= 0.6 is 0 Å². The van der Waals surface area contributed by atoms with E-state index in [1.54, 1.807) is 30.3 Å². The summed E-state index contributed by atoms with van der Waals surface area (Å²) in [5.41, 5.74) is -1.37. The first-order valence-electron chi connectivity index (χ1n) is 9.69. The number of hydrogen-bond donors (Lipinski definition) is 1. The second-order valence-corrected chi connectivity index (χ2v) is 9.79. The van der Waals surface area contributed by atoms with Crippen LogP contribution in [-0.2, 0) is 24.8 Å². The molecule has 1 aliphatic carbocycles. The number of aldehydes is 1.